The van der Waals surface area contributed by atoms with Crippen LogP contribution in [0.5, 0.6) is 11.5 Å². The Labute approximate surface area is 190 Å². The van der Waals surface area contributed by atoms with Gasteiger partial charge in [0.2, 0.25) is 5.95 Å². The van der Waals surface area contributed by atoms with Crippen LogP contribution in [0.1, 0.15) is 42.0 Å². The number of fused-ring (bicyclic) bond motifs is 4. The zero-order valence-corrected chi connectivity index (χ0v) is 18.0. The van der Waals surface area contributed by atoms with Gasteiger partial charge in [0.25, 0.3) is 6.02 Å². The van der Waals surface area contributed by atoms with Crippen molar-refractivity contribution in [3.8, 4) is 22.6 Å². The Hall–Kier alpha value is -3.52. The van der Waals surface area contributed by atoms with E-state index < -0.39 is 11.5 Å². The maximum absolute atomic E-state index is 14.5. The molecule has 3 aromatic rings. The first-order chi connectivity index (χ1) is 16.1. The molecule has 1 saturated heterocycles. The lowest BCUT2D eigenvalue weighted by atomic mass is 9.76. The largest absolute Gasteiger partial charge is 0.465 e. The molecule has 0 aliphatic carbocycles. The number of pyridine rings is 2. The predicted octanol–water partition coefficient (Wildman–Crippen LogP) is 4.26. The quantitative estimate of drug-likeness (QED) is 0.592. The summed E-state index contributed by atoms with van der Waals surface area (Å²) in [5.41, 5.74) is 9.14. The van der Waals surface area contributed by atoms with Gasteiger partial charge < -0.3 is 19.9 Å². The first-order valence-corrected chi connectivity index (χ1v) is 11.1. The second-order valence-corrected chi connectivity index (χ2v) is 8.56. The van der Waals surface area contributed by atoms with Gasteiger partial charge in [0.05, 0.1) is 12.8 Å². The third-order valence-corrected chi connectivity index (χ3v) is 6.70. The van der Waals surface area contributed by atoms with Gasteiger partial charge in [-0.3, -0.25) is 4.98 Å². The standard InChI is InChI=1S/C25H23FN4O3/c26-23-17(2-1-8-28-23)16-3-4-21-18(12-16)25(7-11-32-24(27)30-25)19-13-20(29-14-22(19)33-21)15-5-9-31-10-6-15/h1-4,8,12-15H,5-7,9-11H2,(H2,27,30)/t25-/m0/s1. The van der Waals surface area contributed by atoms with Gasteiger partial charge >= 0.3 is 0 Å². The lowest BCUT2D eigenvalue weighted by Crippen LogP contribution is -2.38. The van der Waals surface area contributed by atoms with E-state index in [1.807, 2.05) is 18.2 Å². The fraction of sp³-hybridized carbons (Fsp3) is 0.320. The van der Waals surface area contributed by atoms with E-state index in [-0.39, 0.29) is 6.02 Å². The monoisotopic (exact) mass is 446 g/mol. The van der Waals surface area contributed by atoms with Gasteiger partial charge in [-0.05, 0) is 48.7 Å². The van der Waals surface area contributed by atoms with E-state index in [4.69, 9.17) is 29.9 Å². The SMILES string of the molecule is NC1=N[C@@]2(CCO1)c1cc(-c3cccnc3F)ccc1Oc1cnc(C3CCOCC3)cc12. The number of ether oxygens (including phenoxy) is 3. The first kappa shape index (κ1) is 20.1. The van der Waals surface area contributed by atoms with Crippen LogP contribution in [0, 0.1) is 5.95 Å². The molecule has 0 bridgehead atoms. The molecule has 8 heteroatoms. The van der Waals surface area contributed by atoms with Crippen LogP contribution in [0.25, 0.3) is 11.1 Å². The summed E-state index contributed by atoms with van der Waals surface area (Å²) in [6, 6.07) is 11.2. The molecule has 3 aliphatic heterocycles. The second-order valence-electron chi connectivity index (χ2n) is 8.56. The van der Waals surface area contributed by atoms with Crippen LogP contribution >= 0.6 is 0 Å². The number of rotatable bonds is 2. The average Bonchev–Trinajstić information content (AvgIpc) is 2.85. The van der Waals surface area contributed by atoms with Crippen LogP contribution in [-0.4, -0.2) is 35.8 Å². The van der Waals surface area contributed by atoms with Crippen molar-refractivity contribution < 1.29 is 18.6 Å². The number of benzene rings is 1. The molecule has 33 heavy (non-hydrogen) atoms. The van der Waals surface area contributed by atoms with Gasteiger partial charge in [0, 0.05) is 54.1 Å². The van der Waals surface area contributed by atoms with E-state index in [1.165, 1.54) is 6.20 Å². The Balaban J connectivity index is 1.53. The summed E-state index contributed by atoms with van der Waals surface area (Å²) in [5, 5.41) is 0. The number of aromatic nitrogens is 2. The molecule has 3 aliphatic rings. The van der Waals surface area contributed by atoms with Crippen molar-refractivity contribution in [2.45, 2.75) is 30.7 Å². The number of nitrogens with zero attached hydrogens (tertiary/aromatic N) is 3. The van der Waals surface area contributed by atoms with E-state index in [1.54, 1.807) is 18.3 Å². The molecule has 1 atom stereocenters. The number of aliphatic imine (C=N–C) groups is 1. The molecule has 0 saturated carbocycles. The Morgan fingerprint density at radius 3 is 2.67 bits per heavy atom. The Morgan fingerprint density at radius 1 is 1.00 bits per heavy atom. The van der Waals surface area contributed by atoms with Crippen molar-refractivity contribution in [3.05, 3.63) is 71.6 Å². The Morgan fingerprint density at radius 2 is 1.85 bits per heavy atom. The normalized spacial score (nSPS) is 22.0. The van der Waals surface area contributed by atoms with Crippen molar-refractivity contribution in [2.75, 3.05) is 19.8 Å². The second kappa shape index (κ2) is 7.81. The topological polar surface area (TPSA) is 91.9 Å². The lowest BCUT2D eigenvalue weighted by molar-refractivity contribution is 0.0844. The zero-order chi connectivity index (χ0) is 22.4. The van der Waals surface area contributed by atoms with Crippen LogP contribution in [-0.2, 0) is 15.0 Å². The highest BCUT2D eigenvalue weighted by Crippen LogP contribution is 2.53. The molecular weight excluding hydrogens is 423 g/mol. The minimum absolute atomic E-state index is 0.127. The molecule has 168 valence electrons. The van der Waals surface area contributed by atoms with Gasteiger partial charge in [0.15, 0.2) is 5.75 Å². The number of nitrogens with two attached hydrogens (primary N) is 1. The highest BCUT2D eigenvalue weighted by Gasteiger charge is 2.45. The molecule has 5 heterocycles. The summed E-state index contributed by atoms with van der Waals surface area (Å²) in [6.45, 7) is 1.87. The summed E-state index contributed by atoms with van der Waals surface area (Å²) in [6.07, 6.45) is 5.64. The predicted molar refractivity (Wildman–Crippen MR) is 120 cm³/mol. The number of halogens is 1. The molecule has 1 fully saturated rings. The molecule has 0 radical (unpaired) electrons. The molecular formula is C25H23FN4O3. The minimum Gasteiger partial charge on any atom is -0.465 e. The third-order valence-electron chi connectivity index (χ3n) is 6.70. The van der Waals surface area contributed by atoms with Crippen molar-refractivity contribution >= 4 is 6.02 Å². The summed E-state index contributed by atoms with van der Waals surface area (Å²) in [5.74, 6) is 1.09. The Kier molecular flexibility index (Phi) is 4.76. The van der Waals surface area contributed by atoms with E-state index in [2.05, 4.69) is 11.1 Å². The Bertz CT molecular complexity index is 1260. The van der Waals surface area contributed by atoms with Crippen LogP contribution < -0.4 is 10.5 Å². The highest BCUT2D eigenvalue weighted by molar-refractivity contribution is 5.76. The van der Waals surface area contributed by atoms with Gasteiger partial charge in [0.1, 0.15) is 11.3 Å². The average molecular weight is 446 g/mol. The van der Waals surface area contributed by atoms with Gasteiger partial charge in [-0.1, -0.05) is 6.07 Å². The van der Waals surface area contributed by atoms with E-state index in [9.17, 15) is 4.39 Å². The van der Waals surface area contributed by atoms with E-state index in [0.29, 0.717) is 41.6 Å². The molecule has 1 spiro atoms. The summed E-state index contributed by atoms with van der Waals surface area (Å²) in [7, 11) is 0. The molecule has 1 aromatic carbocycles. The highest BCUT2D eigenvalue weighted by atomic mass is 19.1. The zero-order valence-electron chi connectivity index (χ0n) is 18.0. The summed E-state index contributed by atoms with van der Waals surface area (Å²) in [4.78, 5) is 13.3. The maximum Gasteiger partial charge on any atom is 0.283 e. The summed E-state index contributed by atoms with van der Waals surface area (Å²) < 4.78 is 31.8. The van der Waals surface area contributed by atoms with Crippen LogP contribution in [0.2, 0.25) is 0 Å². The van der Waals surface area contributed by atoms with E-state index >= 15 is 0 Å². The van der Waals surface area contributed by atoms with Crippen LogP contribution in [0.4, 0.5) is 4.39 Å². The molecule has 2 aromatic heterocycles. The van der Waals surface area contributed by atoms with Gasteiger partial charge in [-0.15, -0.1) is 0 Å². The lowest BCUT2D eigenvalue weighted by Gasteiger charge is -2.39. The minimum atomic E-state index is -0.803. The van der Waals surface area contributed by atoms with Crippen molar-refractivity contribution in [3.63, 3.8) is 0 Å². The first-order valence-electron chi connectivity index (χ1n) is 11.1. The number of hydrogen-bond donors (Lipinski definition) is 1. The van der Waals surface area contributed by atoms with Crippen LogP contribution in [0.15, 0.2) is 53.8 Å². The number of amidine groups is 1. The van der Waals surface area contributed by atoms with Crippen molar-refractivity contribution in [1.29, 1.82) is 0 Å². The number of hydrogen-bond acceptors (Lipinski definition) is 7. The van der Waals surface area contributed by atoms with Gasteiger partial charge in [-0.25, -0.2) is 9.98 Å². The van der Waals surface area contributed by atoms with Crippen LogP contribution in [0.3, 0.4) is 0 Å². The molecule has 0 unspecified atom stereocenters. The fourth-order valence-electron chi connectivity index (χ4n) is 5.02. The van der Waals surface area contributed by atoms with E-state index in [0.717, 1.165) is 42.9 Å². The summed E-state index contributed by atoms with van der Waals surface area (Å²) >= 11 is 0. The molecule has 0 amide bonds. The third kappa shape index (κ3) is 3.33. The molecule has 7 nitrogen and oxygen atoms in total. The fourth-order valence-corrected chi connectivity index (χ4v) is 5.02. The van der Waals surface area contributed by atoms with Crippen molar-refractivity contribution in [1.82, 2.24) is 9.97 Å². The smallest absolute Gasteiger partial charge is 0.283 e. The van der Waals surface area contributed by atoms with Crippen molar-refractivity contribution in [2.24, 2.45) is 10.7 Å². The molecule has 6 rings (SSSR count). The maximum atomic E-state index is 14.5. The van der Waals surface area contributed by atoms with Gasteiger partial charge in [-0.2, -0.15) is 4.39 Å². The molecule has 2 N–H and O–H groups in total.